The lowest BCUT2D eigenvalue weighted by Crippen LogP contribution is -2.62. The fourth-order valence-electron chi connectivity index (χ4n) is 13.1. The molecule has 0 saturated carbocycles. The van der Waals surface area contributed by atoms with Crippen molar-refractivity contribution in [2.75, 3.05) is 26.2 Å². The Balaban J connectivity index is 3.37. The van der Waals surface area contributed by atoms with Gasteiger partial charge in [-0.3, -0.25) is 101 Å². The molecule has 0 bridgehead atoms. The number of amides is 18. The minimum Gasteiger partial charge on any atom is -0.481 e. The number of nitrogens with zero attached hydrogens (tertiary/aromatic N) is 1. The summed E-state index contributed by atoms with van der Waals surface area (Å²) >= 11 is 0. The van der Waals surface area contributed by atoms with Crippen LogP contribution in [0.15, 0.2) is 0 Å². The Morgan fingerprint density at radius 1 is 0.367 bits per heavy atom. The van der Waals surface area contributed by atoms with E-state index in [9.17, 15) is 136 Å². The van der Waals surface area contributed by atoms with Crippen LogP contribution in [0.5, 0.6) is 0 Å². The van der Waals surface area contributed by atoms with Crippen molar-refractivity contribution in [2.24, 2.45) is 52.9 Å². The van der Waals surface area contributed by atoms with Crippen LogP contribution in [-0.4, -0.2) is 295 Å². The molecule has 128 heavy (non-hydrogen) atoms. The predicted molar refractivity (Wildman–Crippen MR) is 455 cm³/mol. The second-order valence-electron chi connectivity index (χ2n) is 34.0. The zero-order valence-electron chi connectivity index (χ0n) is 75.9. The number of nitrogens with two attached hydrogens (primary N) is 2. The smallest absolute Gasteiger partial charge is 0.326 e. The van der Waals surface area contributed by atoms with Gasteiger partial charge >= 0.3 is 23.9 Å². The van der Waals surface area contributed by atoms with Crippen LogP contribution < -0.4 is 96.5 Å². The van der Waals surface area contributed by atoms with Gasteiger partial charge in [0.15, 0.2) is 0 Å². The first-order valence-corrected chi connectivity index (χ1v) is 42.8. The SMILES string of the molecule is CC[C@H](C)[C@H](NC(=O)CN)C(=O)N[C@@H](CCC(=O)O)C(=O)N[C@@H](CC(=O)O)C(=O)N[C@@H](CC(C)C)C(=O)N[C@H](C(=O)N[C@@H](CO)C(=O)N[C@@H](CCC(=O)O)C(=O)N[C@H](C(=O)N[C@@H](C)C(=O)N[C@@H](CCC(N)=O)C(=O)NCC(=O)N[C@@H](C)C(=O)N[C@@H](CC(C)C)C(=O)N[C@H](C(=O)N[C@@H](CC(C)C)C(=O)N[C@H](C(=O)N1CCC[C@H]1C(=O)O)C(C)C)[C@@H](C)O)C(C)C)[C@@H](C)CC. The highest BCUT2D eigenvalue weighted by Crippen LogP contribution is 2.22. The Labute approximate surface area is 742 Å². The fraction of sp³-hybridized carbons (Fsp3) is 0.728. The van der Waals surface area contributed by atoms with Gasteiger partial charge in [0.25, 0.3) is 0 Å². The molecule has 1 saturated heterocycles. The number of aliphatic hydroxyl groups excluding tert-OH is 2. The molecule has 0 aromatic heterocycles. The number of carbonyl (C=O) groups is 22. The van der Waals surface area contributed by atoms with Crippen LogP contribution in [0.1, 0.15) is 208 Å². The first-order valence-electron chi connectivity index (χ1n) is 42.8. The summed E-state index contributed by atoms with van der Waals surface area (Å²) in [7, 11) is 0. The van der Waals surface area contributed by atoms with Gasteiger partial charge in [0.1, 0.15) is 96.7 Å². The van der Waals surface area contributed by atoms with E-state index in [1.165, 1.54) is 39.5 Å². The molecule has 724 valence electrons. The average molecular weight is 1830 g/mol. The Morgan fingerprint density at radius 3 is 1.13 bits per heavy atom. The van der Waals surface area contributed by atoms with Gasteiger partial charge in [0.2, 0.25) is 106 Å². The third kappa shape index (κ3) is 40.5. The molecule has 0 aliphatic carbocycles. The van der Waals surface area contributed by atoms with Crippen molar-refractivity contribution >= 4 is 130 Å². The van der Waals surface area contributed by atoms with E-state index in [-0.39, 0.29) is 50.5 Å². The number of carboxylic acids is 4. The minimum absolute atomic E-state index is 0.0122. The van der Waals surface area contributed by atoms with Crippen LogP contribution in [0.4, 0.5) is 0 Å². The number of primary amides is 1. The van der Waals surface area contributed by atoms with Crippen molar-refractivity contribution in [1.29, 1.82) is 0 Å². The maximum atomic E-state index is 14.3. The number of likely N-dealkylation sites (tertiary alicyclic amines) is 1. The number of hydrogen-bond donors (Lipinski definition) is 24. The van der Waals surface area contributed by atoms with E-state index in [0.717, 1.165) is 6.92 Å². The maximum absolute atomic E-state index is 14.3. The molecule has 18 amide bonds. The second kappa shape index (κ2) is 56.4. The van der Waals surface area contributed by atoms with Crippen molar-refractivity contribution in [3.63, 3.8) is 0 Å². The minimum atomic E-state index is -2.01. The molecular formula is C81H137N19O28. The molecule has 0 unspecified atom stereocenters. The normalized spacial score (nSPS) is 16.7. The monoisotopic (exact) mass is 1820 g/mol. The number of hydrogen-bond acceptors (Lipinski definition) is 25. The summed E-state index contributed by atoms with van der Waals surface area (Å²) in [6.45, 7) is 23.8. The van der Waals surface area contributed by atoms with E-state index in [0.29, 0.717) is 12.8 Å². The van der Waals surface area contributed by atoms with Gasteiger partial charge in [-0.25, -0.2) is 4.79 Å². The number of aliphatic hydroxyl groups is 2. The average Bonchev–Trinajstić information content (AvgIpc) is 1.61. The molecule has 1 aliphatic rings. The molecule has 47 nitrogen and oxygen atoms in total. The zero-order valence-corrected chi connectivity index (χ0v) is 75.9. The summed E-state index contributed by atoms with van der Waals surface area (Å²) in [4.78, 5) is 296. The van der Waals surface area contributed by atoms with Gasteiger partial charge in [-0.2, -0.15) is 0 Å². The highest BCUT2D eigenvalue weighted by molar-refractivity contribution is 6.02. The van der Waals surface area contributed by atoms with Crippen LogP contribution >= 0.6 is 0 Å². The van der Waals surface area contributed by atoms with Crippen LogP contribution in [0, 0.1) is 41.4 Å². The fourth-order valence-corrected chi connectivity index (χ4v) is 13.1. The molecule has 0 aromatic carbocycles. The van der Waals surface area contributed by atoms with Gasteiger partial charge in [-0.15, -0.1) is 0 Å². The molecule has 1 rings (SSSR count). The third-order valence-electron chi connectivity index (χ3n) is 20.8. The van der Waals surface area contributed by atoms with Crippen molar-refractivity contribution in [3.8, 4) is 0 Å². The summed E-state index contributed by atoms with van der Waals surface area (Å²) in [6, 6.07) is -25.2. The number of carboxylic acid groups (broad SMARTS) is 4. The molecule has 26 N–H and O–H groups in total. The number of aliphatic carboxylic acids is 4. The summed E-state index contributed by atoms with van der Waals surface area (Å²) in [5.41, 5.74) is 10.8. The molecule has 0 spiro atoms. The first kappa shape index (κ1) is 114. The predicted octanol–water partition coefficient (Wildman–Crippen LogP) is -6.17. The summed E-state index contributed by atoms with van der Waals surface area (Å²) < 4.78 is 0. The first-order chi connectivity index (χ1) is 59.6. The Bertz CT molecular complexity index is 3880. The quantitative estimate of drug-likeness (QED) is 0.0269. The van der Waals surface area contributed by atoms with Crippen LogP contribution in [0.25, 0.3) is 0 Å². The van der Waals surface area contributed by atoms with Crippen molar-refractivity contribution in [1.82, 2.24) is 90.0 Å². The third-order valence-corrected chi connectivity index (χ3v) is 20.8. The van der Waals surface area contributed by atoms with Crippen LogP contribution in [0.3, 0.4) is 0 Å². The highest BCUT2D eigenvalue weighted by atomic mass is 16.4. The molecule has 1 fully saturated rings. The van der Waals surface area contributed by atoms with E-state index in [1.54, 1.807) is 76.2 Å². The second-order valence-corrected chi connectivity index (χ2v) is 34.0. The lowest BCUT2D eigenvalue weighted by molar-refractivity contribution is -0.150. The van der Waals surface area contributed by atoms with Crippen molar-refractivity contribution in [3.05, 3.63) is 0 Å². The molecule has 0 radical (unpaired) electrons. The molecular weight excluding hydrogens is 1690 g/mol. The summed E-state index contributed by atoms with van der Waals surface area (Å²) in [5.74, 6) is -28.0. The molecule has 47 heteroatoms. The van der Waals surface area contributed by atoms with Crippen LogP contribution in [-0.2, 0) is 105 Å². The lowest BCUT2D eigenvalue weighted by atomic mass is 9.96. The maximum Gasteiger partial charge on any atom is 0.326 e. The summed E-state index contributed by atoms with van der Waals surface area (Å²) in [5, 5.41) is 98.4. The van der Waals surface area contributed by atoms with Crippen molar-refractivity contribution < 1.29 is 136 Å². The van der Waals surface area contributed by atoms with Crippen molar-refractivity contribution in [2.45, 2.75) is 310 Å². The topological polar surface area (TPSA) is 745 Å². The van der Waals surface area contributed by atoms with E-state index < -0.39 is 327 Å². The van der Waals surface area contributed by atoms with E-state index >= 15 is 0 Å². The zero-order chi connectivity index (χ0) is 98.2. The lowest BCUT2D eigenvalue weighted by Gasteiger charge is -2.31. The van der Waals surface area contributed by atoms with Gasteiger partial charge in [-0.1, -0.05) is 110 Å². The van der Waals surface area contributed by atoms with Gasteiger partial charge in [0.05, 0.1) is 32.2 Å². The Morgan fingerprint density at radius 2 is 0.711 bits per heavy atom. The van der Waals surface area contributed by atoms with E-state index in [2.05, 4.69) is 85.1 Å². The van der Waals surface area contributed by atoms with Gasteiger partial charge in [0, 0.05) is 25.8 Å². The highest BCUT2D eigenvalue weighted by Gasteiger charge is 2.43. The standard InChI is InChI=1S/C81H137N19O28/c1-18-41(13)63(95-56(104)33-82)77(123)89-47(23-26-58(106)107)69(115)92-52(32-60(110)111)71(117)91-50(30-37(5)6)73(119)98-64(42(14)19-2)78(124)94-53(35-101)75(121)88-48(24-27-59(108)109)70(116)96-61(39(9)10)76(122)86-44(16)67(113)87-46(22-25-55(83)103)68(114)84-34-57(105)85-43(15)66(112)90-49(29-36(3)4)74(120)99-65(45(17)102)79(125)93-51(31-38(7)8)72(118)97-62(40(11)12)80(126)100-28-20-21-54(100)81(127)128/h36-54,61-65,101-102H,18-35,82H2,1-17H3,(H2,83,103)(H,84,114)(H,85,105)(H,86,122)(H,87,113)(H,88,121)(H,89,123)(H,90,112)(H,91,117)(H,92,115)(H,93,125)(H,94,124)(H,95,104)(H,96,116)(H,97,118)(H,98,119)(H,99,120)(H,106,107)(H,108,109)(H,110,111)(H,127,128)/t41-,42-,43-,44-,45+,46-,47-,48-,49-,50-,51-,52-,53-,54-,61-,62-,63-,64-,65-/m0/s1. The van der Waals surface area contributed by atoms with Crippen LogP contribution in [0.2, 0.25) is 0 Å². The largest absolute Gasteiger partial charge is 0.481 e. The molecule has 1 heterocycles. The number of rotatable bonds is 59. The Hall–Kier alpha value is -11.8. The van der Waals surface area contributed by atoms with E-state index in [1.807, 2.05) is 0 Å². The number of carbonyl (C=O) groups excluding carboxylic acids is 18. The van der Waals surface area contributed by atoms with Gasteiger partial charge < -0.3 is 132 Å². The van der Waals surface area contributed by atoms with Gasteiger partial charge in [-0.05, 0) is 114 Å². The number of nitrogens with one attached hydrogen (secondary N) is 16. The Kier molecular flexibility index (Phi) is 50.4. The molecule has 1 aliphatic heterocycles. The molecule has 19 atom stereocenters. The molecule has 0 aromatic rings. The summed E-state index contributed by atoms with van der Waals surface area (Å²) in [6.07, 6.45) is -5.70. The van der Waals surface area contributed by atoms with E-state index in [4.69, 9.17) is 11.5 Å².